The van der Waals surface area contributed by atoms with Crippen LogP contribution in [0.5, 0.6) is 0 Å². The molecule has 3 saturated heterocycles. The van der Waals surface area contributed by atoms with Crippen molar-refractivity contribution >= 4 is 12.1 Å². The van der Waals surface area contributed by atoms with Crippen molar-refractivity contribution in [3.63, 3.8) is 0 Å². The quantitative estimate of drug-likeness (QED) is 0.556. The zero-order valence-corrected chi connectivity index (χ0v) is 7.21. The Labute approximate surface area is 79.3 Å². The van der Waals surface area contributed by atoms with Crippen LogP contribution >= 0.6 is 0 Å². The Hall–Kier alpha value is -1.30. The van der Waals surface area contributed by atoms with Crippen molar-refractivity contribution in [2.45, 2.75) is 30.8 Å². The molecule has 0 aliphatic carbocycles. The summed E-state index contributed by atoms with van der Waals surface area (Å²) in [6.07, 6.45) is -1.71. The van der Waals surface area contributed by atoms with Crippen LogP contribution in [0, 0.1) is 5.92 Å². The van der Waals surface area contributed by atoms with Crippen molar-refractivity contribution < 1.29 is 23.8 Å². The fraction of sp³-hybridized carbons (Fsp3) is 0.750. The highest BCUT2D eigenvalue weighted by atomic mass is 16.7. The van der Waals surface area contributed by atoms with Crippen LogP contribution in [-0.2, 0) is 19.0 Å². The van der Waals surface area contributed by atoms with E-state index in [0.29, 0.717) is 6.42 Å². The second-order valence-electron chi connectivity index (χ2n) is 3.78. The summed E-state index contributed by atoms with van der Waals surface area (Å²) in [7, 11) is 0. The fourth-order valence-electron chi connectivity index (χ4n) is 2.52. The van der Waals surface area contributed by atoms with Crippen molar-refractivity contribution in [1.82, 2.24) is 0 Å². The SMILES string of the molecule is NC(=O)OC1C2CC3C(=O)OC1C3O2. The predicted molar refractivity (Wildman–Crippen MR) is 41.1 cm³/mol. The number of esters is 1. The summed E-state index contributed by atoms with van der Waals surface area (Å²) in [6.45, 7) is 0. The molecule has 6 nitrogen and oxygen atoms in total. The van der Waals surface area contributed by atoms with Gasteiger partial charge < -0.3 is 19.9 Å². The number of hydrogen-bond acceptors (Lipinski definition) is 5. The molecule has 3 aliphatic heterocycles. The first-order valence-corrected chi connectivity index (χ1v) is 4.49. The fourth-order valence-corrected chi connectivity index (χ4v) is 2.52. The lowest BCUT2D eigenvalue weighted by Gasteiger charge is -2.20. The molecule has 3 fully saturated rings. The van der Waals surface area contributed by atoms with Gasteiger partial charge in [-0.2, -0.15) is 0 Å². The molecule has 3 aliphatic rings. The molecular formula is C8H9NO5. The molecule has 5 atom stereocenters. The molecule has 0 aromatic carbocycles. The van der Waals surface area contributed by atoms with Crippen LogP contribution in [0.15, 0.2) is 0 Å². The van der Waals surface area contributed by atoms with Gasteiger partial charge in [-0.25, -0.2) is 4.79 Å². The van der Waals surface area contributed by atoms with E-state index in [1.165, 1.54) is 0 Å². The Morgan fingerprint density at radius 3 is 3.00 bits per heavy atom. The highest BCUT2D eigenvalue weighted by Crippen LogP contribution is 2.47. The molecule has 5 unspecified atom stereocenters. The van der Waals surface area contributed by atoms with Crippen molar-refractivity contribution in [1.29, 1.82) is 0 Å². The number of carbonyl (C=O) groups is 2. The van der Waals surface area contributed by atoms with Crippen LogP contribution < -0.4 is 5.73 Å². The lowest BCUT2D eigenvalue weighted by Crippen LogP contribution is -2.41. The first-order chi connectivity index (χ1) is 6.66. The van der Waals surface area contributed by atoms with E-state index in [2.05, 4.69) is 0 Å². The van der Waals surface area contributed by atoms with Gasteiger partial charge in [0.1, 0.15) is 6.10 Å². The molecule has 14 heavy (non-hydrogen) atoms. The smallest absolute Gasteiger partial charge is 0.405 e. The predicted octanol–water partition coefficient (Wildman–Crippen LogP) is -0.837. The number of primary amides is 1. The molecule has 3 rings (SSSR count). The Kier molecular flexibility index (Phi) is 1.37. The average molecular weight is 199 g/mol. The summed E-state index contributed by atoms with van der Waals surface area (Å²) < 4.78 is 15.4. The standard InChI is InChI=1S/C8H9NO5/c9-8(11)14-5-3-1-2-4(12-3)6(5)13-7(2)10/h2-6H,1H2,(H2,9,11). The highest BCUT2D eigenvalue weighted by molar-refractivity contribution is 5.77. The van der Waals surface area contributed by atoms with Gasteiger partial charge >= 0.3 is 12.1 Å². The molecule has 0 saturated carbocycles. The number of amides is 1. The van der Waals surface area contributed by atoms with Crippen molar-refractivity contribution in [3.05, 3.63) is 0 Å². The van der Waals surface area contributed by atoms with E-state index < -0.39 is 18.3 Å². The summed E-state index contributed by atoms with van der Waals surface area (Å²) >= 11 is 0. The number of hydrogen-bond donors (Lipinski definition) is 1. The molecule has 0 aromatic heterocycles. The van der Waals surface area contributed by atoms with Crippen LogP contribution in [-0.4, -0.2) is 36.5 Å². The number of ether oxygens (including phenoxy) is 3. The Morgan fingerprint density at radius 1 is 1.50 bits per heavy atom. The monoisotopic (exact) mass is 199 g/mol. The maximum atomic E-state index is 11.3. The molecular weight excluding hydrogens is 190 g/mol. The minimum atomic E-state index is -0.856. The van der Waals surface area contributed by atoms with Gasteiger partial charge in [0.2, 0.25) is 0 Å². The van der Waals surface area contributed by atoms with Crippen molar-refractivity contribution in [2.24, 2.45) is 11.7 Å². The van der Waals surface area contributed by atoms with Crippen LogP contribution in [0.1, 0.15) is 6.42 Å². The van der Waals surface area contributed by atoms with E-state index in [9.17, 15) is 9.59 Å². The third-order valence-electron chi connectivity index (χ3n) is 3.04. The highest BCUT2D eigenvalue weighted by Gasteiger charge is 2.65. The maximum Gasteiger partial charge on any atom is 0.405 e. The third-order valence-corrected chi connectivity index (χ3v) is 3.04. The first kappa shape index (κ1) is 8.05. The van der Waals surface area contributed by atoms with Crippen LogP contribution in [0.2, 0.25) is 0 Å². The van der Waals surface area contributed by atoms with E-state index in [4.69, 9.17) is 19.9 Å². The molecule has 2 N–H and O–H groups in total. The minimum Gasteiger partial charge on any atom is -0.455 e. The molecule has 2 bridgehead atoms. The topological polar surface area (TPSA) is 87.9 Å². The summed E-state index contributed by atoms with van der Waals surface area (Å²) in [4.78, 5) is 21.8. The molecule has 0 spiro atoms. The normalized spacial score (nSPS) is 48.0. The molecule has 0 aromatic rings. The average Bonchev–Trinajstić information content (AvgIpc) is 2.67. The van der Waals surface area contributed by atoms with E-state index in [-0.39, 0.29) is 24.1 Å². The van der Waals surface area contributed by atoms with Crippen molar-refractivity contribution in [2.75, 3.05) is 0 Å². The van der Waals surface area contributed by atoms with Gasteiger partial charge in [-0.1, -0.05) is 0 Å². The summed E-state index contributed by atoms with van der Waals surface area (Å²) in [5.74, 6) is -0.421. The number of rotatable bonds is 1. The summed E-state index contributed by atoms with van der Waals surface area (Å²) in [6, 6.07) is 0. The first-order valence-electron chi connectivity index (χ1n) is 4.49. The minimum absolute atomic E-state index is 0.169. The molecule has 6 heteroatoms. The molecule has 0 radical (unpaired) electrons. The second kappa shape index (κ2) is 2.38. The van der Waals surface area contributed by atoms with Gasteiger partial charge in [0.05, 0.1) is 12.0 Å². The van der Waals surface area contributed by atoms with Gasteiger partial charge in [0.25, 0.3) is 0 Å². The summed E-state index contributed by atoms with van der Waals surface area (Å²) in [5.41, 5.74) is 4.91. The zero-order valence-electron chi connectivity index (χ0n) is 7.21. The van der Waals surface area contributed by atoms with Gasteiger partial charge in [-0.15, -0.1) is 0 Å². The van der Waals surface area contributed by atoms with E-state index in [1.807, 2.05) is 0 Å². The van der Waals surface area contributed by atoms with Crippen molar-refractivity contribution in [3.8, 4) is 0 Å². The number of nitrogens with two attached hydrogens (primary N) is 1. The Bertz CT molecular complexity index is 317. The molecule has 76 valence electrons. The van der Waals surface area contributed by atoms with Crippen LogP contribution in [0.3, 0.4) is 0 Å². The van der Waals surface area contributed by atoms with E-state index >= 15 is 0 Å². The number of carbonyl (C=O) groups excluding carboxylic acids is 2. The lowest BCUT2D eigenvalue weighted by molar-refractivity contribution is -0.145. The number of fused-ring (bicyclic) bond motifs is 1. The molecule has 1 amide bonds. The molecule has 3 heterocycles. The second-order valence-corrected chi connectivity index (χ2v) is 3.78. The van der Waals surface area contributed by atoms with Crippen LogP contribution in [0.4, 0.5) is 4.79 Å². The van der Waals surface area contributed by atoms with E-state index in [0.717, 1.165) is 0 Å². The Morgan fingerprint density at radius 2 is 2.29 bits per heavy atom. The zero-order chi connectivity index (χ0) is 9.87. The van der Waals surface area contributed by atoms with E-state index in [1.54, 1.807) is 0 Å². The Balaban J connectivity index is 1.85. The van der Waals surface area contributed by atoms with Gasteiger partial charge in [-0.05, 0) is 6.42 Å². The van der Waals surface area contributed by atoms with Gasteiger partial charge in [-0.3, -0.25) is 4.79 Å². The maximum absolute atomic E-state index is 11.3. The largest absolute Gasteiger partial charge is 0.455 e. The third kappa shape index (κ3) is 0.836. The van der Waals surface area contributed by atoms with Crippen LogP contribution in [0.25, 0.3) is 0 Å². The van der Waals surface area contributed by atoms with Gasteiger partial charge in [0.15, 0.2) is 12.2 Å². The lowest BCUT2D eigenvalue weighted by atomic mass is 9.88. The summed E-state index contributed by atoms with van der Waals surface area (Å²) in [5, 5.41) is 0. The van der Waals surface area contributed by atoms with Gasteiger partial charge in [0, 0.05) is 0 Å².